The van der Waals surface area contributed by atoms with Crippen molar-refractivity contribution in [2.45, 2.75) is 26.7 Å². The number of nitrogens with zero attached hydrogens (tertiary/aromatic N) is 3. The summed E-state index contributed by atoms with van der Waals surface area (Å²) >= 11 is 0. The number of aryl methyl sites for hydroxylation is 2. The molecule has 0 aliphatic heterocycles. The fourth-order valence-corrected chi connectivity index (χ4v) is 2.45. The van der Waals surface area contributed by atoms with E-state index in [1.807, 2.05) is 23.7 Å². The largest absolute Gasteiger partial charge is 0.368 e. The number of aromatic nitrogens is 3. The van der Waals surface area contributed by atoms with Crippen LogP contribution in [0.3, 0.4) is 0 Å². The molecule has 3 rings (SSSR count). The third-order valence-corrected chi connectivity index (χ3v) is 3.65. The summed E-state index contributed by atoms with van der Waals surface area (Å²) in [6.45, 7) is 5.03. The second kappa shape index (κ2) is 5.95. The molecule has 3 aromatic rings. The number of fused-ring (bicyclic) bond motifs is 1. The molecule has 1 aromatic carbocycles. The Bertz CT molecular complexity index is 728. The van der Waals surface area contributed by atoms with Gasteiger partial charge in [0, 0.05) is 18.9 Å². The van der Waals surface area contributed by atoms with Crippen LogP contribution in [0.25, 0.3) is 5.52 Å². The van der Waals surface area contributed by atoms with Crippen molar-refractivity contribution >= 4 is 11.3 Å². The Balaban J connectivity index is 1.66. The molecule has 0 atom stereocenters. The van der Waals surface area contributed by atoms with E-state index in [0.29, 0.717) is 0 Å². The van der Waals surface area contributed by atoms with Gasteiger partial charge in [-0.1, -0.05) is 31.2 Å². The summed E-state index contributed by atoms with van der Waals surface area (Å²) in [5.41, 5.74) is 4.75. The summed E-state index contributed by atoms with van der Waals surface area (Å²) in [6.07, 6.45) is 5.72. The summed E-state index contributed by atoms with van der Waals surface area (Å²) in [6, 6.07) is 10.9. The van der Waals surface area contributed by atoms with Crippen LogP contribution in [-0.4, -0.2) is 21.1 Å². The maximum absolute atomic E-state index is 4.41. The molecule has 0 bridgehead atoms. The monoisotopic (exact) mass is 280 g/mol. The fraction of sp³-hybridized carbons (Fsp3) is 0.294. The van der Waals surface area contributed by atoms with Gasteiger partial charge in [0.1, 0.15) is 5.52 Å². The number of nitrogens with one attached hydrogen (secondary N) is 1. The molecular formula is C17H20N4. The number of hydrogen-bond donors (Lipinski definition) is 1. The van der Waals surface area contributed by atoms with Crippen LogP contribution in [0.1, 0.15) is 23.7 Å². The minimum absolute atomic E-state index is 0.863. The first-order valence-electron chi connectivity index (χ1n) is 7.39. The summed E-state index contributed by atoms with van der Waals surface area (Å²) in [5, 5.41) is 7.80. The molecule has 2 heterocycles. The molecule has 1 N–H and O–H groups in total. The summed E-state index contributed by atoms with van der Waals surface area (Å²) in [4.78, 5) is 4.41. The lowest BCUT2D eigenvalue weighted by molar-refractivity contribution is 0.917. The standard InChI is InChI=1S/C17H20N4/c1-3-14-4-6-15(7-5-14)8-9-18-17-16-12-13(2)20-21(16)11-10-19-17/h4-7,10-12H,3,8-9H2,1-2H3,(H,18,19). The van der Waals surface area contributed by atoms with Crippen LogP contribution in [0.15, 0.2) is 42.7 Å². The highest BCUT2D eigenvalue weighted by molar-refractivity contribution is 5.67. The van der Waals surface area contributed by atoms with Crippen LogP contribution < -0.4 is 5.32 Å². The second-order valence-electron chi connectivity index (χ2n) is 5.24. The van der Waals surface area contributed by atoms with Gasteiger partial charge in [0.15, 0.2) is 5.82 Å². The molecule has 4 nitrogen and oxygen atoms in total. The van der Waals surface area contributed by atoms with Crippen LogP contribution in [-0.2, 0) is 12.8 Å². The highest BCUT2D eigenvalue weighted by atomic mass is 15.2. The van der Waals surface area contributed by atoms with Crippen molar-refractivity contribution in [3.63, 3.8) is 0 Å². The van der Waals surface area contributed by atoms with E-state index >= 15 is 0 Å². The van der Waals surface area contributed by atoms with Crippen LogP contribution in [0.2, 0.25) is 0 Å². The minimum Gasteiger partial charge on any atom is -0.368 e. The Morgan fingerprint density at radius 3 is 2.67 bits per heavy atom. The van der Waals surface area contributed by atoms with Gasteiger partial charge in [0.2, 0.25) is 0 Å². The first-order valence-corrected chi connectivity index (χ1v) is 7.39. The smallest absolute Gasteiger partial charge is 0.152 e. The van der Waals surface area contributed by atoms with Gasteiger partial charge in [-0.2, -0.15) is 5.10 Å². The minimum atomic E-state index is 0.863. The molecule has 0 aliphatic rings. The third-order valence-electron chi connectivity index (χ3n) is 3.65. The maximum atomic E-state index is 4.41. The van der Waals surface area contributed by atoms with Gasteiger partial charge in [-0.15, -0.1) is 0 Å². The normalized spacial score (nSPS) is 11.0. The second-order valence-corrected chi connectivity index (χ2v) is 5.24. The molecule has 2 aromatic heterocycles. The van der Waals surface area contributed by atoms with Crippen molar-refractivity contribution in [3.05, 3.63) is 59.5 Å². The molecule has 0 saturated heterocycles. The molecule has 0 spiro atoms. The molecule has 0 amide bonds. The highest BCUT2D eigenvalue weighted by Crippen LogP contribution is 2.14. The number of benzene rings is 1. The SMILES string of the molecule is CCc1ccc(CCNc2nccn3nc(C)cc23)cc1. The van der Waals surface area contributed by atoms with Crippen molar-refractivity contribution in [2.75, 3.05) is 11.9 Å². The molecule has 108 valence electrons. The van der Waals surface area contributed by atoms with Crippen LogP contribution >= 0.6 is 0 Å². The number of anilines is 1. The van der Waals surface area contributed by atoms with E-state index in [-0.39, 0.29) is 0 Å². The Morgan fingerprint density at radius 1 is 1.14 bits per heavy atom. The maximum Gasteiger partial charge on any atom is 0.152 e. The van der Waals surface area contributed by atoms with Gasteiger partial charge in [0.25, 0.3) is 0 Å². The molecule has 4 heteroatoms. The average Bonchev–Trinajstić information content (AvgIpc) is 2.89. The quantitative estimate of drug-likeness (QED) is 0.780. The van der Waals surface area contributed by atoms with Gasteiger partial charge in [-0.3, -0.25) is 0 Å². The zero-order valence-electron chi connectivity index (χ0n) is 12.5. The summed E-state index contributed by atoms with van der Waals surface area (Å²) < 4.78 is 1.86. The van der Waals surface area contributed by atoms with Gasteiger partial charge in [0.05, 0.1) is 5.69 Å². The average molecular weight is 280 g/mol. The first-order chi connectivity index (χ1) is 10.3. The van der Waals surface area contributed by atoms with E-state index < -0.39 is 0 Å². The lowest BCUT2D eigenvalue weighted by Crippen LogP contribution is -2.07. The molecule has 0 radical (unpaired) electrons. The summed E-state index contributed by atoms with van der Waals surface area (Å²) in [7, 11) is 0. The number of rotatable bonds is 5. The van der Waals surface area contributed by atoms with Gasteiger partial charge < -0.3 is 5.32 Å². The van der Waals surface area contributed by atoms with Crippen molar-refractivity contribution in [2.24, 2.45) is 0 Å². The van der Waals surface area contributed by atoms with E-state index in [1.165, 1.54) is 11.1 Å². The van der Waals surface area contributed by atoms with Crippen molar-refractivity contribution in [1.82, 2.24) is 14.6 Å². The molecule has 0 aliphatic carbocycles. The Hall–Kier alpha value is -2.36. The molecule has 21 heavy (non-hydrogen) atoms. The van der Waals surface area contributed by atoms with Crippen molar-refractivity contribution < 1.29 is 0 Å². The van der Waals surface area contributed by atoms with Gasteiger partial charge >= 0.3 is 0 Å². The van der Waals surface area contributed by atoms with Crippen LogP contribution in [0, 0.1) is 6.92 Å². The zero-order chi connectivity index (χ0) is 14.7. The van der Waals surface area contributed by atoms with E-state index in [2.05, 4.69) is 46.6 Å². The lowest BCUT2D eigenvalue weighted by Gasteiger charge is -2.07. The molecule has 0 saturated carbocycles. The molecule has 0 unspecified atom stereocenters. The van der Waals surface area contributed by atoms with Gasteiger partial charge in [-0.25, -0.2) is 9.50 Å². The fourth-order valence-electron chi connectivity index (χ4n) is 2.45. The summed E-state index contributed by atoms with van der Waals surface area (Å²) in [5.74, 6) is 0.892. The predicted octanol–water partition coefficient (Wildman–Crippen LogP) is 3.25. The van der Waals surface area contributed by atoms with E-state index in [9.17, 15) is 0 Å². The third kappa shape index (κ3) is 3.05. The van der Waals surface area contributed by atoms with E-state index in [4.69, 9.17) is 0 Å². The van der Waals surface area contributed by atoms with E-state index in [1.54, 1.807) is 6.20 Å². The first kappa shape index (κ1) is 13.6. The van der Waals surface area contributed by atoms with E-state index in [0.717, 1.165) is 36.4 Å². The Labute approximate surface area is 124 Å². The number of hydrogen-bond acceptors (Lipinski definition) is 3. The zero-order valence-corrected chi connectivity index (χ0v) is 12.5. The Kier molecular flexibility index (Phi) is 3.86. The van der Waals surface area contributed by atoms with Crippen LogP contribution in [0.4, 0.5) is 5.82 Å². The molecule has 0 fully saturated rings. The molecular weight excluding hydrogens is 260 g/mol. The van der Waals surface area contributed by atoms with Crippen molar-refractivity contribution in [1.29, 1.82) is 0 Å². The Morgan fingerprint density at radius 2 is 1.90 bits per heavy atom. The van der Waals surface area contributed by atoms with Gasteiger partial charge in [-0.05, 0) is 37.0 Å². The predicted molar refractivity (Wildman–Crippen MR) is 85.7 cm³/mol. The highest BCUT2D eigenvalue weighted by Gasteiger charge is 2.04. The lowest BCUT2D eigenvalue weighted by atomic mass is 10.1. The van der Waals surface area contributed by atoms with Crippen molar-refractivity contribution in [3.8, 4) is 0 Å². The topological polar surface area (TPSA) is 42.2 Å². The van der Waals surface area contributed by atoms with Crippen LogP contribution in [0.5, 0.6) is 0 Å².